The first-order chi connectivity index (χ1) is 10.2. The Kier molecular flexibility index (Phi) is 5.91. The van der Waals surface area contributed by atoms with Crippen molar-refractivity contribution in [1.82, 2.24) is 10.3 Å². The Labute approximate surface area is 131 Å². The van der Waals surface area contributed by atoms with Crippen molar-refractivity contribution in [2.24, 2.45) is 22.2 Å². The van der Waals surface area contributed by atoms with Gasteiger partial charge in [0.2, 0.25) is 0 Å². The maximum Gasteiger partial charge on any atom is 0.307 e. The van der Waals surface area contributed by atoms with Gasteiger partial charge in [0.1, 0.15) is 11.7 Å². The molecule has 6 heteroatoms. The Morgan fingerprint density at radius 3 is 2.45 bits per heavy atom. The number of nitrogens with zero attached hydrogens (tertiary/aromatic N) is 2. The molecule has 0 aliphatic rings. The van der Waals surface area contributed by atoms with Crippen LogP contribution in [0, 0.1) is 17.3 Å². The van der Waals surface area contributed by atoms with Crippen molar-refractivity contribution >= 4 is 17.6 Å². The van der Waals surface area contributed by atoms with Crippen LogP contribution in [0.5, 0.6) is 0 Å². The van der Waals surface area contributed by atoms with E-state index in [4.69, 9.17) is 5.73 Å². The van der Waals surface area contributed by atoms with Gasteiger partial charge in [-0.25, -0.2) is 4.98 Å². The van der Waals surface area contributed by atoms with Crippen molar-refractivity contribution in [2.45, 2.75) is 27.2 Å². The number of anilines is 1. The maximum absolute atomic E-state index is 11.8. The van der Waals surface area contributed by atoms with Crippen LogP contribution in [0.3, 0.4) is 0 Å². The van der Waals surface area contributed by atoms with E-state index in [2.05, 4.69) is 15.3 Å². The van der Waals surface area contributed by atoms with E-state index in [-0.39, 0.29) is 5.92 Å². The molecule has 0 saturated heterocycles. The summed E-state index contributed by atoms with van der Waals surface area (Å²) in [5, 5.41) is 12.8. The molecular weight excluding hydrogens is 280 g/mol. The number of nitrogens with one attached hydrogen (secondary N) is 1. The molecule has 1 rings (SSSR count). The number of pyridine rings is 1. The van der Waals surface area contributed by atoms with Crippen molar-refractivity contribution < 1.29 is 9.90 Å². The van der Waals surface area contributed by atoms with Crippen LogP contribution in [-0.2, 0) is 11.2 Å². The number of rotatable bonds is 5. The highest BCUT2D eigenvalue weighted by atomic mass is 16.4. The number of carboxylic acid groups (broad SMARTS) is 1. The highest BCUT2D eigenvalue weighted by Crippen LogP contribution is 2.35. The van der Waals surface area contributed by atoms with Crippen LogP contribution < -0.4 is 11.1 Å². The summed E-state index contributed by atoms with van der Waals surface area (Å²) in [5.41, 5.74) is 6.14. The first-order valence-electron chi connectivity index (χ1n) is 7.28. The molecule has 2 atom stereocenters. The van der Waals surface area contributed by atoms with Crippen molar-refractivity contribution in [3.63, 3.8) is 0 Å². The molecular formula is C16H26N4O2. The molecule has 0 radical (unpaired) electrons. The Hall–Kier alpha value is -2.11. The quantitative estimate of drug-likeness (QED) is 0.569. The van der Waals surface area contributed by atoms with Gasteiger partial charge >= 0.3 is 5.97 Å². The van der Waals surface area contributed by atoms with Gasteiger partial charge in [-0.15, -0.1) is 0 Å². The Morgan fingerprint density at radius 1 is 1.45 bits per heavy atom. The van der Waals surface area contributed by atoms with Crippen molar-refractivity contribution in [2.75, 3.05) is 19.8 Å². The third-order valence-corrected chi connectivity index (χ3v) is 3.75. The molecule has 2 unspecified atom stereocenters. The van der Waals surface area contributed by atoms with Gasteiger partial charge in [-0.1, -0.05) is 26.8 Å². The fourth-order valence-electron chi connectivity index (χ4n) is 2.79. The molecule has 22 heavy (non-hydrogen) atoms. The SMILES string of the molecule is CN=C(NC)C(Cc1ccc(N)nc1)C(C(=O)O)C(C)(C)C. The number of hydrogen-bond acceptors (Lipinski definition) is 4. The van der Waals surface area contributed by atoms with Gasteiger partial charge in [0.25, 0.3) is 0 Å². The molecule has 0 spiro atoms. The monoisotopic (exact) mass is 306 g/mol. The summed E-state index contributed by atoms with van der Waals surface area (Å²) in [6, 6.07) is 3.60. The van der Waals surface area contributed by atoms with Crippen LogP contribution in [0.2, 0.25) is 0 Å². The fraction of sp³-hybridized carbons (Fsp3) is 0.562. The van der Waals surface area contributed by atoms with Crippen LogP contribution in [0.25, 0.3) is 0 Å². The van der Waals surface area contributed by atoms with Crippen molar-refractivity contribution in [3.05, 3.63) is 23.9 Å². The molecule has 0 aliphatic heterocycles. The van der Waals surface area contributed by atoms with E-state index in [0.717, 1.165) is 5.56 Å². The second kappa shape index (κ2) is 7.24. The van der Waals surface area contributed by atoms with E-state index in [0.29, 0.717) is 18.1 Å². The molecule has 0 aromatic carbocycles. The topological polar surface area (TPSA) is 101 Å². The van der Waals surface area contributed by atoms with Crippen molar-refractivity contribution in [1.29, 1.82) is 0 Å². The average molecular weight is 306 g/mol. The van der Waals surface area contributed by atoms with Gasteiger partial charge < -0.3 is 16.2 Å². The lowest BCUT2D eigenvalue weighted by atomic mass is 9.70. The van der Waals surface area contributed by atoms with E-state index in [1.165, 1.54) is 0 Å². The van der Waals surface area contributed by atoms with Crippen LogP contribution in [-0.4, -0.2) is 36.0 Å². The number of nitrogens with two attached hydrogens (primary N) is 1. The summed E-state index contributed by atoms with van der Waals surface area (Å²) in [5.74, 6) is -0.533. The van der Waals surface area contributed by atoms with E-state index in [1.807, 2.05) is 26.8 Å². The van der Waals surface area contributed by atoms with Gasteiger partial charge in [-0.05, 0) is 23.5 Å². The zero-order valence-corrected chi connectivity index (χ0v) is 13.9. The molecule has 4 N–H and O–H groups in total. The lowest BCUT2D eigenvalue weighted by molar-refractivity contribution is -0.147. The maximum atomic E-state index is 11.8. The Bertz CT molecular complexity index is 532. The molecule has 1 heterocycles. The third kappa shape index (κ3) is 4.44. The first kappa shape index (κ1) is 17.9. The predicted octanol–water partition coefficient (Wildman–Crippen LogP) is 1.82. The van der Waals surface area contributed by atoms with E-state index >= 15 is 0 Å². The van der Waals surface area contributed by atoms with Gasteiger partial charge in [0, 0.05) is 26.2 Å². The minimum absolute atomic E-state index is 0.266. The summed E-state index contributed by atoms with van der Waals surface area (Å²) in [4.78, 5) is 20.2. The lowest BCUT2D eigenvalue weighted by Crippen LogP contribution is -2.43. The molecule has 1 aromatic rings. The van der Waals surface area contributed by atoms with Crippen molar-refractivity contribution in [3.8, 4) is 0 Å². The standard InChI is InChI=1S/C16H26N4O2/c1-16(2,3)13(15(21)22)11(14(18-4)19-5)8-10-6-7-12(17)20-9-10/h6-7,9,11,13H,8H2,1-5H3,(H2,17,20)(H,18,19)(H,21,22). The molecule has 0 fully saturated rings. The second-order valence-corrected chi connectivity index (χ2v) is 6.44. The van der Waals surface area contributed by atoms with Gasteiger partial charge in [0.05, 0.1) is 5.92 Å². The van der Waals surface area contributed by atoms with Crippen LogP contribution in [0.1, 0.15) is 26.3 Å². The first-order valence-corrected chi connectivity index (χ1v) is 7.28. The van der Waals surface area contributed by atoms with Crippen LogP contribution >= 0.6 is 0 Å². The third-order valence-electron chi connectivity index (χ3n) is 3.75. The Morgan fingerprint density at radius 2 is 2.09 bits per heavy atom. The summed E-state index contributed by atoms with van der Waals surface area (Å²) in [6.45, 7) is 5.80. The van der Waals surface area contributed by atoms with E-state index in [1.54, 1.807) is 26.4 Å². The number of aliphatic imine (C=N–C) groups is 1. The molecule has 0 saturated carbocycles. The van der Waals surface area contributed by atoms with Gasteiger partial charge in [-0.2, -0.15) is 0 Å². The molecule has 0 amide bonds. The zero-order chi connectivity index (χ0) is 16.9. The highest BCUT2D eigenvalue weighted by molar-refractivity contribution is 5.89. The molecule has 122 valence electrons. The zero-order valence-electron chi connectivity index (χ0n) is 13.9. The fourth-order valence-corrected chi connectivity index (χ4v) is 2.79. The normalized spacial score (nSPS) is 15.2. The number of nitrogen functional groups attached to an aromatic ring is 1. The van der Waals surface area contributed by atoms with Gasteiger partial charge in [0.15, 0.2) is 0 Å². The minimum Gasteiger partial charge on any atom is -0.481 e. The van der Waals surface area contributed by atoms with Crippen LogP contribution in [0.4, 0.5) is 5.82 Å². The minimum atomic E-state index is -0.822. The summed E-state index contributed by atoms with van der Waals surface area (Å²) in [7, 11) is 3.43. The smallest absolute Gasteiger partial charge is 0.307 e. The molecule has 1 aromatic heterocycles. The molecule has 0 bridgehead atoms. The van der Waals surface area contributed by atoms with E-state index in [9.17, 15) is 9.90 Å². The average Bonchev–Trinajstić information content (AvgIpc) is 2.40. The highest BCUT2D eigenvalue weighted by Gasteiger charge is 2.40. The molecule has 6 nitrogen and oxygen atoms in total. The number of aromatic nitrogens is 1. The number of amidine groups is 1. The molecule has 0 aliphatic carbocycles. The summed E-state index contributed by atoms with van der Waals surface area (Å²) < 4.78 is 0. The predicted molar refractivity (Wildman–Crippen MR) is 88.8 cm³/mol. The van der Waals surface area contributed by atoms with Gasteiger partial charge in [-0.3, -0.25) is 9.79 Å². The summed E-state index contributed by atoms with van der Waals surface area (Å²) in [6.07, 6.45) is 2.22. The summed E-state index contributed by atoms with van der Waals surface area (Å²) >= 11 is 0. The number of hydrogen-bond donors (Lipinski definition) is 3. The second-order valence-electron chi connectivity index (χ2n) is 6.44. The van der Waals surface area contributed by atoms with E-state index < -0.39 is 17.3 Å². The largest absolute Gasteiger partial charge is 0.481 e. The van der Waals surface area contributed by atoms with Crippen LogP contribution in [0.15, 0.2) is 23.3 Å². The Balaban J connectivity index is 3.22. The lowest BCUT2D eigenvalue weighted by Gasteiger charge is -2.34. The number of carboxylic acids is 1. The number of carbonyl (C=O) groups is 1. The number of aliphatic carboxylic acids is 1.